The van der Waals surface area contributed by atoms with Gasteiger partial charge in [-0.25, -0.2) is 14.6 Å². The Kier molecular flexibility index (Phi) is 29.3. The van der Waals surface area contributed by atoms with Gasteiger partial charge in [0.1, 0.15) is 6.04 Å². The number of anilines is 1. The highest BCUT2D eigenvalue weighted by atomic mass is 16.6. The van der Waals surface area contributed by atoms with E-state index < -0.39 is 24.0 Å². The highest BCUT2D eigenvalue weighted by Gasteiger charge is 2.34. The molecule has 4 aromatic rings. The molecule has 81 heavy (non-hydrogen) atoms. The topological polar surface area (TPSA) is 272 Å². The van der Waals surface area contributed by atoms with Crippen molar-refractivity contribution in [2.24, 2.45) is 5.10 Å². The lowest BCUT2D eigenvalue weighted by Crippen LogP contribution is -2.46. The Hall–Kier alpha value is -6.70. The van der Waals surface area contributed by atoms with Gasteiger partial charge in [-0.1, -0.05) is 43.2 Å². The molecule has 0 aliphatic carbocycles. The second-order valence-electron chi connectivity index (χ2n) is 19.3. The van der Waals surface area contributed by atoms with Crippen molar-refractivity contribution < 1.29 is 67.0 Å². The largest absolute Gasteiger partial charge is 0.465 e. The molecule has 2 aliphatic heterocycles. The first kappa shape index (κ1) is 63.5. The van der Waals surface area contributed by atoms with E-state index >= 15 is 0 Å². The van der Waals surface area contributed by atoms with Gasteiger partial charge in [0.25, 0.3) is 5.91 Å². The highest BCUT2D eigenvalue weighted by Crippen LogP contribution is 2.34. The summed E-state index contributed by atoms with van der Waals surface area (Å²) in [6.07, 6.45) is 8.73. The number of benzene rings is 2. The van der Waals surface area contributed by atoms with Gasteiger partial charge in [-0.15, -0.1) is 0 Å². The second kappa shape index (κ2) is 37.3. The summed E-state index contributed by atoms with van der Waals surface area (Å²) < 4.78 is 43.1. The number of hydrazone groups is 1. The fourth-order valence-electron chi connectivity index (χ4n) is 9.03. The Morgan fingerprint density at radius 3 is 1.94 bits per heavy atom. The fraction of sp³-hybridized carbons (Fsp3) is 0.552. The predicted molar refractivity (Wildman–Crippen MR) is 302 cm³/mol. The molecule has 2 aromatic carbocycles. The van der Waals surface area contributed by atoms with Gasteiger partial charge in [0.2, 0.25) is 11.8 Å². The number of nitrogens with one attached hydrogen (secondary N) is 4. The SMILES string of the molecule is COCCOCCOCCOCCOCCOCCOCCOCCC(=O)NCCCCC(NC(=O)O)C(=O)NCCCCCCN1N=C(c2ccc(NC(=O)N3Cc4ccncc4C3)cc2)C[C@@H](c2cccc3ncccc23)C1=O. The summed E-state index contributed by atoms with van der Waals surface area (Å²) in [4.78, 5) is 74.8. The number of hydrogen-bond donors (Lipinski definition) is 5. The first-order valence-corrected chi connectivity index (χ1v) is 28.1. The molecule has 0 saturated carbocycles. The Bertz CT molecular complexity index is 2530. The number of aromatic nitrogens is 2. The van der Waals surface area contributed by atoms with Gasteiger partial charge in [0.05, 0.1) is 116 Å². The number of urea groups is 1. The molecular weight excluding hydrogens is 1050 g/mol. The van der Waals surface area contributed by atoms with Crippen LogP contribution in [-0.4, -0.2) is 192 Å². The van der Waals surface area contributed by atoms with E-state index in [0.717, 1.165) is 51.7 Å². The third-order valence-corrected chi connectivity index (χ3v) is 13.3. The molecule has 0 fully saturated rings. The van der Waals surface area contributed by atoms with Crippen molar-refractivity contribution in [2.45, 2.75) is 82.8 Å². The molecule has 1 unspecified atom stereocenters. The van der Waals surface area contributed by atoms with Gasteiger partial charge in [-0.05, 0) is 84.7 Å². The Morgan fingerprint density at radius 2 is 1.28 bits per heavy atom. The zero-order valence-electron chi connectivity index (χ0n) is 46.7. The first-order valence-electron chi connectivity index (χ1n) is 28.1. The smallest absolute Gasteiger partial charge is 0.405 e. The summed E-state index contributed by atoms with van der Waals surface area (Å²) in [5.74, 6) is -1.16. The minimum atomic E-state index is -1.29. The quantitative estimate of drug-likeness (QED) is 0.0336. The molecule has 0 saturated heterocycles. The van der Waals surface area contributed by atoms with Crippen LogP contribution in [0.3, 0.4) is 0 Å². The maximum atomic E-state index is 14.2. The van der Waals surface area contributed by atoms with E-state index in [0.29, 0.717) is 163 Å². The van der Waals surface area contributed by atoms with E-state index in [1.54, 1.807) is 35.6 Å². The second-order valence-corrected chi connectivity index (χ2v) is 19.3. The van der Waals surface area contributed by atoms with Crippen molar-refractivity contribution >= 4 is 52.1 Å². The van der Waals surface area contributed by atoms with Crippen molar-refractivity contribution in [2.75, 3.05) is 131 Å². The molecule has 0 radical (unpaired) electrons. The van der Waals surface area contributed by atoms with E-state index in [1.165, 1.54) is 0 Å². The minimum absolute atomic E-state index is 0.0953. The summed E-state index contributed by atoms with van der Waals surface area (Å²) in [7, 11) is 1.63. The molecule has 23 nitrogen and oxygen atoms in total. The number of pyridine rings is 2. The highest BCUT2D eigenvalue weighted by molar-refractivity contribution is 6.07. The molecule has 0 bridgehead atoms. The molecule has 2 atom stereocenters. The standard InChI is InChI=1S/C58H81N9O14/c1-74-26-27-76-30-31-78-34-35-80-38-39-81-37-36-79-33-32-77-29-28-75-25-19-54(68)61-20-6-4-12-52(64-58(72)73)55(69)62-21-5-2-3-7-24-67-56(70)50(48-10-8-13-51-49(48)11-9-22-60-51)40-53(65-67)44-14-16-47(17-15-44)63-57(71)66-42-45-18-23-59-41-46(45)43-66/h8-11,13-18,22-23,41,50,52,64H,2-7,12,19-21,24-40,42-43H2,1H3,(H,61,68)(H,62,69)(H,63,71)(H,72,73)/t50-,52?/m0/s1. The van der Waals surface area contributed by atoms with Crippen LogP contribution in [-0.2, 0) is 65.4 Å². The van der Waals surface area contributed by atoms with Crippen LogP contribution in [0.2, 0.25) is 0 Å². The lowest BCUT2D eigenvalue weighted by molar-refractivity contribution is -0.133. The predicted octanol–water partition coefficient (Wildman–Crippen LogP) is 5.65. The maximum absolute atomic E-state index is 14.2. The van der Waals surface area contributed by atoms with E-state index in [2.05, 4.69) is 31.2 Å². The molecule has 442 valence electrons. The summed E-state index contributed by atoms with van der Waals surface area (Å²) >= 11 is 0. The van der Waals surface area contributed by atoms with Crippen molar-refractivity contribution in [1.29, 1.82) is 0 Å². The van der Waals surface area contributed by atoms with Crippen LogP contribution in [0.4, 0.5) is 15.3 Å². The van der Waals surface area contributed by atoms with E-state index in [4.69, 9.17) is 43.0 Å². The van der Waals surface area contributed by atoms with Gasteiger partial charge in [-0.2, -0.15) is 5.10 Å². The van der Waals surface area contributed by atoms with Crippen LogP contribution in [0.15, 0.2) is 84.4 Å². The number of carbonyl (C=O) groups excluding carboxylic acids is 4. The first-order chi connectivity index (χ1) is 39.7. The number of hydrogen-bond acceptors (Lipinski definition) is 16. The monoisotopic (exact) mass is 1130 g/mol. The number of methoxy groups -OCH3 is 1. The van der Waals surface area contributed by atoms with E-state index in [-0.39, 0.29) is 37.3 Å². The van der Waals surface area contributed by atoms with Gasteiger partial charge < -0.3 is 69.2 Å². The average Bonchev–Trinajstić information content (AvgIpc) is 4.10. The van der Waals surface area contributed by atoms with Crippen LogP contribution in [0, 0.1) is 0 Å². The summed E-state index contributed by atoms with van der Waals surface area (Å²) in [6, 6.07) is 18.0. The molecule has 4 heterocycles. The van der Waals surface area contributed by atoms with Crippen LogP contribution >= 0.6 is 0 Å². The van der Waals surface area contributed by atoms with Crippen molar-refractivity contribution in [3.8, 4) is 0 Å². The molecule has 23 heteroatoms. The summed E-state index contributed by atoms with van der Waals surface area (Å²) in [5.41, 5.74) is 6.05. The van der Waals surface area contributed by atoms with Crippen molar-refractivity contribution in [3.63, 3.8) is 0 Å². The molecule has 6 amide bonds. The van der Waals surface area contributed by atoms with Crippen molar-refractivity contribution in [1.82, 2.24) is 35.8 Å². The van der Waals surface area contributed by atoms with Crippen LogP contribution in [0.25, 0.3) is 10.9 Å². The zero-order chi connectivity index (χ0) is 57.1. The third kappa shape index (κ3) is 23.4. The minimum Gasteiger partial charge on any atom is -0.465 e. The molecule has 2 aromatic heterocycles. The van der Waals surface area contributed by atoms with E-state index in [9.17, 15) is 29.1 Å². The molecule has 6 rings (SSSR count). The van der Waals surface area contributed by atoms with Gasteiger partial charge in [0.15, 0.2) is 0 Å². The maximum Gasteiger partial charge on any atom is 0.405 e. The summed E-state index contributed by atoms with van der Waals surface area (Å²) in [6.45, 7) is 8.90. The number of ether oxygens (including phenoxy) is 8. The number of carboxylic acid groups (broad SMARTS) is 1. The lowest BCUT2D eigenvalue weighted by atomic mass is 9.86. The number of amides is 6. The van der Waals surface area contributed by atoms with Gasteiger partial charge in [0, 0.05) is 82.3 Å². The van der Waals surface area contributed by atoms with Crippen LogP contribution < -0.4 is 21.3 Å². The third-order valence-electron chi connectivity index (χ3n) is 13.3. The van der Waals surface area contributed by atoms with E-state index in [1.807, 2.05) is 60.7 Å². The number of rotatable bonds is 41. The van der Waals surface area contributed by atoms with Crippen LogP contribution in [0.1, 0.15) is 86.0 Å². The molecule has 5 N–H and O–H groups in total. The number of nitrogens with zero attached hydrogens (tertiary/aromatic N) is 5. The Balaban J connectivity index is 0.798. The van der Waals surface area contributed by atoms with Crippen molar-refractivity contribution in [3.05, 3.63) is 102 Å². The van der Waals surface area contributed by atoms with Crippen LogP contribution in [0.5, 0.6) is 0 Å². The fourth-order valence-corrected chi connectivity index (χ4v) is 9.03. The Morgan fingerprint density at radius 1 is 0.667 bits per heavy atom. The van der Waals surface area contributed by atoms with Gasteiger partial charge >= 0.3 is 12.1 Å². The Labute approximate surface area is 474 Å². The average molecular weight is 1130 g/mol. The normalized spacial score (nSPS) is 14.4. The number of unbranched alkanes of at least 4 members (excludes halogenated alkanes) is 4. The lowest BCUT2D eigenvalue weighted by Gasteiger charge is -2.30. The molecular formula is C58H81N9O14. The number of fused-ring (bicyclic) bond motifs is 2. The molecule has 0 spiro atoms. The van der Waals surface area contributed by atoms with Gasteiger partial charge in [-0.3, -0.25) is 24.4 Å². The zero-order valence-corrected chi connectivity index (χ0v) is 46.7. The number of carbonyl (C=O) groups is 5. The molecule has 2 aliphatic rings. The summed E-state index contributed by atoms with van der Waals surface area (Å²) in [5, 5.41) is 27.8.